The molecule has 5 rings (SSSR count). The van der Waals surface area contributed by atoms with Gasteiger partial charge in [-0.3, -0.25) is 14.5 Å². The maximum atomic E-state index is 12.9. The van der Waals surface area contributed by atoms with Gasteiger partial charge in [-0.25, -0.2) is 14.7 Å². The number of ketones is 1. The van der Waals surface area contributed by atoms with Crippen molar-refractivity contribution in [3.63, 3.8) is 0 Å². The second-order valence-corrected chi connectivity index (χ2v) is 13.1. The van der Waals surface area contributed by atoms with Gasteiger partial charge in [0.2, 0.25) is 0 Å². The molecule has 1 aliphatic heterocycles. The molecule has 4 aliphatic carbocycles. The summed E-state index contributed by atoms with van der Waals surface area (Å²) in [5.41, 5.74) is -2.28. The lowest BCUT2D eigenvalue weighted by Gasteiger charge is -2.63. The van der Waals surface area contributed by atoms with E-state index in [9.17, 15) is 29.7 Å². The molecular weight excluding hydrogens is 518 g/mol. The predicted octanol–water partition coefficient (Wildman–Crippen LogP) is 3.03. The van der Waals surface area contributed by atoms with Crippen molar-refractivity contribution >= 4 is 23.4 Å². The Hall–Kier alpha value is -2.50. The monoisotopic (exact) mass is 561 g/mol. The van der Waals surface area contributed by atoms with E-state index >= 15 is 0 Å². The summed E-state index contributed by atoms with van der Waals surface area (Å²) in [5, 5.41) is 37.7. The van der Waals surface area contributed by atoms with E-state index in [4.69, 9.17) is 9.68 Å². The molecule has 5 aliphatic rings. The Bertz CT molecular complexity index is 1120. The number of carbonyl (C=O) groups excluding carboxylic acids is 1. The van der Waals surface area contributed by atoms with Crippen LogP contribution >= 0.6 is 0 Å². The van der Waals surface area contributed by atoms with Gasteiger partial charge >= 0.3 is 11.9 Å². The van der Waals surface area contributed by atoms with Crippen molar-refractivity contribution in [1.29, 1.82) is 0 Å². The van der Waals surface area contributed by atoms with Crippen molar-refractivity contribution in [1.82, 2.24) is 9.96 Å². The van der Waals surface area contributed by atoms with Gasteiger partial charge in [-0.1, -0.05) is 19.0 Å². The van der Waals surface area contributed by atoms with Crippen LogP contribution in [0.15, 0.2) is 16.9 Å². The summed E-state index contributed by atoms with van der Waals surface area (Å²) in [6.45, 7) is 4.99. The van der Waals surface area contributed by atoms with Crippen molar-refractivity contribution < 1.29 is 39.4 Å². The Morgan fingerprint density at radius 3 is 2.50 bits per heavy atom. The van der Waals surface area contributed by atoms with Crippen LogP contribution in [0.25, 0.3) is 0 Å². The van der Waals surface area contributed by atoms with Crippen LogP contribution in [0.2, 0.25) is 0 Å². The molecule has 11 nitrogen and oxygen atoms in total. The van der Waals surface area contributed by atoms with Gasteiger partial charge in [-0.15, -0.1) is 0 Å². The summed E-state index contributed by atoms with van der Waals surface area (Å²) in [6.07, 6.45) is 6.60. The number of hydroxylamine groups is 2. The van der Waals surface area contributed by atoms with E-state index < -0.39 is 40.9 Å². The Labute approximate surface area is 235 Å². The van der Waals surface area contributed by atoms with Crippen LogP contribution in [-0.4, -0.2) is 87.3 Å². The second kappa shape index (κ2) is 10.4. The van der Waals surface area contributed by atoms with E-state index in [1.807, 2.05) is 11.9 Å². The van der Waals surface area contributed by atoms with Gasteiger partial charge in [0.1, 0.15) is 24.7 Å². The quantitative estimate of drug-likeness (QED) is 0.313. The maximum absolute atomic E-state index is 12.9. The van der Waals surface area contributed by atoms with Gasteiger partial charge in [0.15, 0.2) is 5.70 Å². The molecule has 1 heterocycles. The molecule has 8 atom stereocenters. The van der Waals surface area contributed by atoms with E-state index in [-0.39, 0.29) is 29.6 Å². The smallest absolute Gasteiger partial charge is 0.354 e. The Kier molecular flexibility index (Phi) is 7.54. The fourth-order valence-electron chi connectivity index (χ4n) is 9.06. The molecule has 0 bridgehead atoms. The van der Waals surface area contributed by atoms with Crippen LogP contribution in [0.3, 0.4) is 0 Å². The number of nitrogens with zero attached hydrogens (tertiary/aromatic N) is 3. The predicted molar refractivity (Wildman–Crippen MR) is 144 cm³/mol. The molecule has 0 aromatic heterocycles. The lowest BCUT2D eigenvalue weighted by Crippen LogP contribution is -2.68. The number of oxime groups is 1. The lowest BCUT2D eigenvalue weighted by atomic mass is 9.43. The summed E-state index contributed by atoms with van der Waals surface area (Å²) in [7, 11) is 3.34. The molecular formula is C29H43N3O8. The molecule has 0 radical (unpaired) electrons. The van der Waals surface area contributed by atoms with Gasteiger partial charge < -0.3 is 20.2 Å². The number of carbonyl (C=O) groups is 3. The second-order valence-electron chi connectivity index (χ2n) is 13.1. The standard InChI is InChI=1S/C29H43N3O8/c1-27-11-10-20-18(19(27)7-8-23(27)33)14-22(30-39-4)29(38)16-17(9-12-28(20,29)2)32(21(26(36)37)15-25(34)35)40-24-6-5-13-31(24)3/h15,17-20,24,38H,5-14,16H2,1-4H3,(H,34,35)(H,36,37)/t17?,18-,19-,20-,24?,27-,28+,29-/m0/s1. The van der Waals surface area contributed by atoms with Gasteiger partial charge in [0.25, 0.3) is 0 Å². The lowest BCUT2D eigenvalue weighted by molar-refractivity contribution is -0.252. The normalized spacial score (nSPS) is 42.7. The average Bonchev–Trinajstić information content (AvgIpc) is 3.43. The first kappa shape index (κ1) is 29.0. The summed E-state index contributed by atoms with van der Waals surface area (Å²) in [5.74, 6) is -1.86. The molecule has 0 aromatic rings. The zero-order valence-corrected chi connectivity index (χ0v) is 24.0. The molecule has 0 aromatic carbocycles. The SMILES string of the molecule is CON=C1C[C@H]2[C@@H]3CCC(=O)[C@@]3(C)CC[C@@H]2[C@@]2(C)CCC(N(OC3CCCN3C)C(=CC(=O)O)C(=O)O)C[C@]12O. The van der Waals surface area contributed by atoms with Crippen LogP contribution in [0.1, 0.15) is 78.1 Å². The topological polar surface area (TPSA) is 149 Å². The molecule has 3 N–H and O–H groups in total. The van der Waals surface area contributed by atoms with Gasteiger partial charge in [0.05, 0.1) is 17.8 Å². The van der Waals surface area contributed by atoms with Crippen LogP contribution in [0.4, 0.5) is 0 Å². The summed E-state index contributed by atoms with van der Waals surface area (Å²) >= 11 is 0. The maximum Gasteiger partial charge on any atom is 0.354 e. The molecule has 0 amide bonds. The van der Waals surface area contributed by atoms with E-state index in [2.05, 4.69) is 19.0 Å². The van der Waals surface area contributed by atoms with Crippen molar-refractivity contribution in [2.75, 3.05) is 20.7 Å². The zero-order chi connectivity index (χ0) is 29.0. The fraction of sp³-hybridized carbons (Fsp3) is 0.793. The number of aliphatic hydroxyl groups is 1. The third-order valence-electron chi connectivity index (χ3n) is 11.3. The van der Waals surface area contributed by atoms with Crippen molar-refractivity contribution in [3.8, 4) is 0 Å². The number of carboxylic acid groups (broad SMARTS) is 2. The van der Waals surface area contributed by atoms with E-state index in [1.54, 1.807) is 0 Å². The first-order valence-electron chi connectivity index (χ1n) is 14.6. The van der Waals surface area contributed by atoms with Crippen LogP contribution < -0.4 is 0 Å². The van der Waals surface area contributed by atoms with E-state index in [1.165, 1.54) is 12.2 Å². The molecule has 5 fully saturated rings. The summed E-state index contributed by atoms with van der Waals surface area (Å²) in [4.78, 5) is 50.3. The van der Waals surface area contributed by atoms with Crippen LogP contribution in [-0.2, 0) is 24.1 Å². The fourth-order valence-corrected chi connectivity index (χ4v) is 9.06. The molecule has 2 unspecified atom stereocenters. The Morgan fingerprint density at radius 1 is 1.12 bits per heavy atom. The van der Waals surface area contributed by atoms with Crippen molar-refractivity contribution in [2.45, 2.75) is 95.9 Å². The minimum Gasteiger partial charge on any atom is -0.478 e. The number of Topliss-reactive ketones (excluding diaryl/α,β-unsaturated/α-hetero) is 1. The number of carboxylic acids is 2. The highest BCUT2D eigenvalue weighted by atomic mass is 16.7. The number of hydrogen-bond donors (Lipinski definition) is 3. The van der Waals surface area contributed by atoms with Crippen LogP contribution in [0.5, 0.6) is 0 Å². The largest absolute Gasteiger partial charge is 0.478 e. The van der Waals surface area contributed by atoms with Gasteiger partial charge in [0, 0.05) is 30.2 Å². The molecule has 1 saturated heterocycles. The molecule has 4 saturated carbocycles. The highest BCUT2D eigenvalue weighted by molar-refractivity contribution is 5.95. The van der Waals surface area contributed by atoms with Gasteiger partial charge in [-0.2, -0.15) is 0 Å². The third kappa shape index (κ3) is 4.44. The van der Waals surface area contributed by atoms with Gasteiger partial charge in [-0.05, 0) is 76.2 Å². The van der Waals surface area contributed by atoms with Crippen LogP contribution in [0, 0.1) is 28.6 Å². The molecule has 40 heavy (non-hydrogen) atoms. The minimum absolute atomic E-state index is 0.121. The van der Waals surface area contributed by atoms with Crippen molar-refractivity contribution in [3.05, 3.63) is 11.8 Å². The third-order valence-corrected chi connectivity index (χ3v) is 11.3. The van der Waals surface area contributed by atoms with E-state index in [0.717, 1.165) is 32.2 Å². The summed E-state index contributed by atoms with van der Waals surface area (Å²) < 4.78 is 0. The number of aliphatic carboxylic acids is 2. The first-order valence-corrected chi connectivity index (χ1v) is 14.6. The minimum atomic E-state index is -1.42. The number of likely N-dealkylation sites (tertiary alicyclic amines) is 1. The Balaban J connectivity index is 1.51. The highest BCUT2D eigenvalue weighted by Crippen LogP contribution is 2.66. The molecule has 222 valence electrons. The summed E-state index contributed by atoms with van der Waals surface area (Å²) in [6, 6.07) is -0.603. The van der Waals surface area contributed by atoms with Crippen molar-refractivity contribution in [2.24, 2.45) is 33.7 Å². The molecule has 11 heteroatoms. The number of hydrogen-bond acceptors (Lipinski definition) is 9. The Morgan fingerprint density at radius 2 is 1.88 bits per heavy atom. The highest BCUT2D eigenvalue weighted by Gasteiger charge is 2.67. The molecule has 0 spiro atoms. The average molecular weight is 562 g/mol. The number of rotatable bonds is 7. The zero-order valence-electron chi connectivity index (χ0n) is 24.0. The van der Waals surface area contributed by atoms with E-state index in [0.29, 0.717) is 49.7 Å². The first-order chi connectivity index (χ1) is 18.9. The number of fused-ring (bicyclic) bond motifs is 5.